The second-order valence-corrected chi connectivity index (χ2v) is 9.10. The quantitative estimate of drug-likeness (QED) is 0.548. The maximum absolute atomic E-state index is 11.1. The van der Waals surface area contributed by atoms with E-state index in [-0.39, 0.29) is 11.5 Å². The van der Waals surface area contributed by atoms with Gasteiger partial charge in [-0.1, -0.05) is 32.4 Å². The topological polar surface area (TPSA) is 74.2 Å². The van der Waals surface area contributed by atoms with E-state index in [0.29, 0.717) is 17.0 Å². The predicted octanol–water partition coefficient (Wildman–Crippen LogP) is 4.99. The highest BCUT2D eigenvalue weighted by molar-refractivity contribution is 14.1. The molecule has 24 heavy (non-hydrogen) atoms. The summed E-state index contributed by atoms with van der Waals surface area (Å²) in [7, 11) is 0. The Morgan fingerprint density at radius 3 is 2.50 bits per heavy atom. The van der Waals surface area contributed by atoms with E-state index in [2.05, 4.69) is 59.0 Å². The summed E-state index contributed by atoms with van der Waals surface area (Å²) < 4.78 is 0.985. The molecule has 7 heteroatoms. The van der Waals surface area contributed by atoms with Crippen LogP contribution in [0.2, 0.25) is 5.02 Å². The molecule has 1 aromatic heterocycles. The zero-order valence-corrected chi connectivity index (χ0v) is 17.2. The van der Waals surface area contributed by atoms with Crippen molar-refractivity contribution in [2.45, 2.75) is 58.5 Å². The summed E-state index contributed by atoms with van der Waals surface area (Å²) in [5.41, 5.74) is -0.0861. The Labute approximate surface area is 162 Å². The van der Waals surface area contributed by atoms with Crippen LogP contribution in [0.15, 0.2) is 12.3 Å². The first-order valence-electron chi connectivity index (χ1n) is 8.24. The largest absolute Gasteiger partial charge is 0.465 e. The highest BCUT2D eigenvalue weighted by atomic mass is 127. The Balaban J connectivity index is 1.94. The number of pyridine rings is 1. The smallest absolute Gasteiger partial charge is 0.404 e. The molecule has 3 N–H and O–H groups in total. The summed E-state index contributed by atoms with van der Waals surface area (Å²) in [5.74, 6) is 1.22. The summed E-state index contributed by atoms with van der Waals surface area (Å²) >= 11 is 8.21. The summed E-state index contributed by atoms with van der Waals surface area (Å²) in [5, 5.41) is 16.0. The molecule has 1 saturated carbocycles. The number of nitrogens with zero attached hydrogens (tertiary/aromatic N) is 1. The molecule has 1 atom stereocenters. The molecule has 2 rings (SSSR count). The highest BCUT2D eigenvalue weighted by Gasteiger charge is 2.35. The lowest BCUT2D eigenvalue weighted by molar-refractivity contribution is 0.134. The highest BCUT2D eigenvalue weighted by Crippen LogP contribution is 2.35. The van der Waals surface area contributed by atoms with Crippen LogP contribution in [-0.4, -0.2) is 28.3 Å². The lowest BCUT2D eigenvalue weighted by Gasteiger charge is -2.40. The van der Waals surface area contributed by atoms with Gasteiger partial charge in [0.2, 0.25) is 0 Å². The molecular weight excluding hydrogens is 441 g/mol. The van der Waals surface area contributed by atoms with Crippen molar-refractivity contribution < 1.29 is 9.90 Å². The van der Waals surface area contributed by atoms with E-state index < -0.39 is 6.09 Å². The van der Waals surface area contributed by atoms with Gasteiger partial charge in [-0.15, -0.1) is 0 Å². The Morgan fingerprint density at radius 1 is 1.38 bits per heavy atom. The van der Waals surface area contributed by atoms with E-state index in [9.17, 15) is 4.79 Å². The van der Waals surface area contributed by atoms with Gasteiger partial charge in [0.1, 0.15) is 5.82 Å². The number of hydrogen-bond acceptors (Lipinski definition) is 3. The van der Waals surface area contributed by atoms with Gasteiger partial charge in [-0.25, -0.2) is 9.78 Å². The van der Waals surface area contributed by atoms with Crippen molar-refractivity contribution in [3.63, 3.8) is 0 Å². The van der Waals surface area contributed by atoms with Gasteiger partial charge in [0.25, 0.3) is 0 Å². The van der Waals surface area contributed by atoms with Crippen LogP contribution in [0.4, 0.5) is 10.6 Å². The first-order valence-corrected chi connectivity index (χ1v) is 9.69. The van der Waals surface area contributed by atoms with Gasteiger partial charge >= 0.3 is 6.09 Å². The molecule has 134 valence electrons. The fraction of sp³-hybridized carbons (Fsp3) is 0.647. The molecule has 1 amide bonds. The number of hydrogen-bond donors (Lipinski definition) is 3. The number of carboxylic acid groups (broad SMARTS) is 1. The summed E-state index contributed by atoms with van der Waals surface area (Å²) in [6, 6.07) is 2.31. The lowest BCUT2D eigenvalue weighted by atomic mass is 9.72. The molecule has 1 aliphatic rings. The van der Waals surface area contributed by atoms with E-state index in [0.717, 1.165) is 35.1 Å². The molecule has 1 heterocycles. The van der Waals surface area contributed by atoms with Crippen LogP contribution in [-0.2, 0) is 0 Å². The van der Waals surface area contributed by atoms with Crippen molar-refractivity contribution in [1.82, 2.24) is 10.3 Å². The van der Waals surface area contributed by atoms with Gasteiger partial charge in [0, 0.05) is 21.9 Å². The van der Waals surface area contributed by atoms with Crippen molar-refractivity contribution in [3.8, 4) is 0 Å². The van der Waals surface area contributed by atoms with Gasteiger partial charge in [0.05, 0.1) is 5.02 Å². The van der Waals surface area contributed by atoms with Crippen LogP contribution >= 0.6 is 34.2 Å². The number of rotatable bonds is 4. The number of amides is 1. The van der Waals surface area contributed by atoms with Crippen molar-refractivity contribution in [2.24, 2.45) is 11.3 Å². The second-order valence-electron chi connectivity index (χ2n) is 7.53. The van der Waals surface area contributed by atoms with Crippen LogP contribution in [0, 0.1) is 14.9 Å². The average Bonchev–Trinajstić information content (AvgIpc) is 2.48. The summed E-state index contributed by atoms with van der Waals surface area (Å²) in [6.45, 7) is 6.28. The summed E-state index contributed by atoms with van der Waals surface area (Å²) in [4.78, 5) is 15.4. The molecule has 5 nitrogen and oxygen atoms in total. The average molecular weight is 466 g/mol. The van der Waals surface area contributed by atoms with Gasteiger partial charge in [-0.3, -0.25) is 0 Å². The van der Waals surface area contributed by atoms with E-state index >= 15 is 0 Å². The fourth-order valence-corrected chi connectivity index (χ4v) is 4.01. The first kappa shape index (κ1) is 19.6. The van der Waals surface area contributed by atoms with E-state index in [4.69, 9.17) is 16.7 Å². The molecule has 0 bridgehead atoms. The van der Waals surface area contributed by atoms with Crippen LogP contribution in [0.25, 0.3) is 0 Å². The third-order valence-corrected chi connectivity index (χ3v) is 6.13. The van der Waals surface area contributed by atoms with Crippen LogP contribution in [0.1, 0.15) is 46.5 Å². The number of carbonyl (C=O) groups is 1. The Bertz CT molecular complexity index is 584. The van der Waals surface area contributed by atoms with E-state index in [1.807, 2.05) is 6.07 Å². The molecule has 0 radical (unpaired) electrons. The van der Waals surface area contributed by atoms with Crippen molar-refractivity contribution in [3.05, 3.63) is 20.9 Å². The Hall–Kier alpha value is -0.760. The van der Waals surface area contributed by atoms with Crippen LogP contribution in [0.3, 0.4) is 0 Å². The van der Waals surface area contributed by atoms with Crippen molar-refractivity contribution >= 4 is 46.1 Å². The number of nitrogens with one attached hydrogen (secondary N) is 2. The normalized spacial score (nSPS) is 22.7. The minimum absolute atomic E-state index is 0.0226. The molecule has 0 aromatic carbocycles. The maximum atomic E-state index is 11.1. The third kappa shape index (κ3) is 5.37. The lowest BCUT2D eigenvalue weighted by Crippen LogP contribution is -2.49. The number of anilines is 1. The Morgan fingerprint density at radius 2 is 2.00 bits per heavy atom. The molecule has 0 aliphatic heterocycles. The number of halogens is 2. The molecule has 0 saturated heterocycles. The molecular formula is C17H25ClIN3O2. The maximum Gasteiger partial charge on any atom is 0.404 e. The third-order valence-electron chi connectivity index (χ3n) is 4.62. The fourth-order valence-electron chi connectivity index (χ4n) is 3.47. The van der Waals surface area contributed by atoms with Gasteiger partial charge in [-0.2, -0.15) is 0 Å². The first-order chi connectivity index (χ1) is 11.2. The Kier molecular flexibility index (Phi) is 6.59. The zero-order valence-electron chi connectivity index (χ0n) is 14.3. The molecule has 1 aliphatic carbocycles. The van der Waals surface area contributed by atoms with Gasteiger partial charge in [0.15, 0.2) is 0 Å². The van der Waals surface area contributed by atoms with Crippen LogP contribution < -0.4 is 10.6 Å². The molecule has 1 unspecified atom stereocenters. The van der Waals surface area contributed by atoms with E-state index in [1.165, 1.54) is 0 Å². The summed E-state index contributed by atoms with van der Waals surface area (Å²) in [6.07, 6.45) is 4.77. The van der Waals surface area contributed by atoms with Gasteiger partial charge < -0.3 is 15.7 Å². The standard InChI is InChI=1S/C17H25ClIN3O2/c1-17(2,3)15(22-16(23)24)10-4-6-11(7-5-10)21-14-8-13(19)12(18)9-20-14/h8-11,15,22H,4-7H2,1-3H3,(H,20,21)(H,23,24)/t10-,11-,15?. The van der Waals surface area contributed by atoms with Crippen molar-refractivity contribution in [2.75, 3.05) is 5.32 Å². The van der Waals surface area contributed by atoms with E-state index in [1.54, 1.807) is 6.20 Å². The van der Waals surface area contributed by atoms with Crippen LogP contribution in [0.5, 0.6) is 0 Å². The molecule has 1 fully saturated rings. The van der Waals surface area contributed by atoms with Crippen molar-refractivity contribution in [1.29, 1.82) is 0 Å². The molecule has 1 aromatic rings. The van der Waals surface area contributed by atoms with Gasteiger partial charge in [-0.05, 0) is 65.7 Å². The predicted molar refractivity (Wildman–Crippen MR) is 106 cm³/mol. The minimum atomic E-state index is -0.935. The zero-order chi connectivity index (χ0) is 17.9. The monoisotopic (exact) mass is 465 g/mol. The molecule has 0 spiro atoms. The minimum Gasteiger partial charge on any atom is -0.465 e. The second kappa shape index (κ2) is 8.08. The number of aromatic nitrogens is 1. The SMILES string of the molecule is CC(C)(C)C(NC(=O)O)[C@H]1CC[C@H](Nc2cc(I)c(Cl)cn2)CC1.